The largest absolute Gasteiger partial charge is 0.505 e. The smallest absolute Gasteiger partial charge is 0.410 e. The second kappa shape index (κ2) is 5.29. The van der Waals surface area contributed by atoms with Gasteiger partial charge in [0, 0.05) is 6.20 Å². The van der Waals surface area contributed by atoms with Gasteiger partial charge in [-0.3, -0.25) is 9.89 Å². The molecule has 0 saturated carbocycles. The Balaban J connectivity index is 2.78. The van der Waals surface area contributed by atoms with E-state index in [4.69, 9.17) is 10.5 Å². The molecule has 0 aromatic carbocycles. The first-order chi connectivity index (χ1) is 8.24. The Hall–Kier alpha value is -1.72. The van der Waals surface area contributed by atoms with Gasteiger partial charge >= 0.3 is 6.09 Å². The Kier molecular flexibility index (Phi) is 4.21. The number of rotatable bonds is 1. The van der Waals surface area contributed by atoms with Gasteiger partial charge in [0.1, 0.15) is 5.60 Å². The van der Waals surface area contributed by atoms with E-state index in [0.29, 0.717) is 12.3 Å². The zero-order chi connectivity index (χ0) is 13.9. The SMILES string of the molecule is CC1CN=C(C(O)=CN)CN1C(=O)OC(C)(C)C. The predicted octanol–water partition coefficient (Wildman–Crippen LogP) is 1.42. The molecule has 1 heterocycles. The number of aliphatic hydroxyl groups excluding tert-OH is 1. The van der Waals surface area contributed by atoms with Gasteiger partial charge in [-0.05, 0) is 27.7 Å². The number of nitrogens with two attached hydrogens (primary N) is 1. The number of aliphatic imine (C=N–C) groups is 1. The Labute approximate surface area is 107 Å². The topological polar surface area (TPSA) is 88.2 Å². The molecule has 1 unspecified atom stereocenters. The predicted molar refractivity (Wildman–Crippen MR) is 69.6 cm³/mol. The van der Waals surface area contributed by atoms with Gasteiger partial charge in [0.25, 0.3) is 0 Å². The van der Waals surface area contributed by atoms with E-state index in [1.54, 1.807) is 0 Å². The Morgan fingerprint density at radius 2 is 2.22 bits per heavy atom. The van der Waals surface area contributed by atoms with Gasteiger partial charge in [-0.15, -0.1) is 0 Å². The summed E-state index contributed by atoms with van der Waals surface area (Å²) in [5, 5.41) is 9.53. The Morgan fingerprint density at radius 1 is 1.61 bits per heavy atom. The van der Waals surface area contributed by atoms with Crippen LogP contribution in [-0.2, 0) is 4.74 Å². The molecular weight excluding hydrogens is 234 g/mol. The summed E-state index contributed by atoms with van der Waals surface area (Å²) < 4.78 is 5.31. The molecule has 0 spiro atoms. The van der Waals surface area contributed by atoms with E-state index in [1.807, 2.05) is 27.7 Å². The summed E-state index contributed by atoms with van der Waals surface area (Å²) in [6, 6.07) is -0.0609. The minimum absolute atomic E-state index is 0.0609. The minimum atomic E-state index is -0.544. The molecule has 1 aliphatic rings. The van der Waals surface area contributed by atoms with Crippen molar-refractivity contribution in [2.75, 3.05) is 13.1 Å². The van der Waals surface area contributed by atoms with E-state index in [-0.39, 0.29) is 18.3 Å². The first-order valence-corrected chi connectivity index (χ1v) is 5.89. The molecule has 0 aliphatic carbocycles. The fourth-order valence-electron chi connectivity index (χ4n) is 1.53. The molecule has 0 saturated heterocycles. The van der Waals surface area contributed by atoms with Crippen LogP contribution in [0.5, 0.6) is 0 Å². The second-order valence-electron chi connectivity index (χ2n) is 5.30. The van der Waals surface area contributed by atoms with Crippen LogP contribution in [0.2, 0.25) is 0 Å². The summed E-state index contributed by atoms with van der Waals surface area (Å²) in [6.07, 6.45) is 0.662. The van der Waals surface area contributed by atoms with Crippen molar-refractivity contribution in [2.45, 2.75) is 39.3 Å². The average Bonchev–Trinajstić information content (AvgIpc) is 2.26. The Morgan fingerprint density at radius 3 is 2.72 bits per heavy atom. The highest BCUT2D eigenvalue weighted by Crippen LogP contribution is 2.15. The highest BCUT2D eigenvalue weighted by Gasteiger charge is 2.30. The van der Waals surface area contributed by atoms with Crippen molar-refractivity contribution in [3.05, 3.63) is 12.0 Å². The zero-order valence-corrected chi connectivity index (χ0v) is 11.3. The molecule has 1 rings (SSSR count). The number of carbonyl (C=O) groups is 1. The van der Waals surface area contributed by atoms with Crippen molar-refractivity contribution in [1.82, 2.24) is 4.90 Å². The zero-order valence-electron chi connectivity index (χ0n) is 11.3. The average molecular weight is 255 g/mol. The fourth-order valence-corrected chi connectivity index (χ4v) is 1.53. The summed E-state index contributed by atoms with van der Waals surface area (Å²) in [4.78, 5) is 17.7. The lowest BCUT2D eigenvalue weighted by Gasteiger charge is -2.33. The lowest BCUT2D eigenvalue weighted by molar-refractivity contribution is 0.0208. The summed E-state index contributed by atoms with van der Waals surface area (Å²) in [6.45, 7) is 7.94. The molecule has 18 heavy (non-hydrogen) atoms. The number of aliphatic hydroxyl groups is 1. The molecule has 0 aromatic rings. The maximum Gasteiger partial charge on any atom is 0.410 e. The van der Waals surface area contributed by atoms with Crippen LogP contribution in [0.3, 0.4) is 0 Å². The highest BCUT2D eigenvalue weighted by atomic mass is 16.6. The third kappa shape index (κ3) is 3.65. The summed E-state index contributed by atoms with van der Waals surface area (Å²) in [5.74, 6) is -0.101. The summed E-state index contributed by atoms with van der Waals surface area (Å²) in [5.41, 5.74) is 5.09. The van der Waals surface area contributed by atoms with E-state index in [1.165, 1.54) is 4.90 Å². The number of amides is 1. The quantitative estimate of drug-likeness (QED) is 0.694. The van der Waals surface area contributed by atoms with Crippen LogP contribution in [0.1, 0.15) is 27.7 Å². The lowest BCUT2D eigenvalue weighted by atomic mass is 10.1. The second-order valence-corrected chi connectivity index (χ2v) is 5.30. The Bertz CT molecular complexity index is 383. The van der Waals surface area contributed by atoms with Crippen molar-refractivity contribution in [3.63, 3.8) is 0 Å². The molecule has 0 aromatic heterocycles. The van der Waals surface area contributed by atoms with Crippen molar-refractivity contribution < 1.29 is 14.6 Å². The minimum Gasteiger partial charge on any atom is -0.505 e. The molecule has 102 valence electrons. The molecule has 0 bridgehead atoms. The molecule has 6 heteroatoms. The van der Waals surface area contributed by atoms with Gasteiger partial charge in [0.2, 0.25) is 0 Å². The van der Waals surface area contributed by atoms with Gasteiger partial charge in [0.15, 0.2) is 5.76 Å². The summed E-state index contributed by atoms with van der Waals surface area (Å²) >= 11 is 0. The van der Waals surface area contributed by atoms with Crippen molar-refractivity contribution in [3.8, 4) is 0 Å². The molecule has 1 aliphatic heterocycles. The molecule has 1 atom stereocenters. The van der Waals surface area contributed by atoms with E-state index >= 15 is 0 Å². The van der Waals surface area contributed by atoms with Crippen LogP contribution < -0.4 is 5.73 Å². The van der Waals surface area contributed by atoms with E-state index < -0.39 is 11.7 Å². The van der Waals surface area contributed by atoms with Crippen LogP contribution in [0, 0.1) is 0 Å². The molecule has 3 N–H and O–H groups in total. The van der Waals surface area contributed by atoms with Crippen LogP contribution in [0.25, 0.3) is 0 Å². The molecule has 1 amide bonds. The maximum atomic E-state index is 12.0. The first-order valence-electron chi connectivity index (χ1n) is 5.89. The van der Waals surface area contributed by atoms with E-state index in [9.17, 15) is 9.90 Å². The monoisotopic (exact) mass is 255 g/mol. The molecule has 6 nitrogen and oxygen atoms in total. The number of ether oxygens (including phenoxy) is 1. The number of nitrogens with zero attached hydrogens (tertiary/aromatic N) is 2. The molecule has 0 fully saturated rings. The number of hydrogen-bond acceptors (Lipinski definition) is 5. The number of carbonyl (C=O) groups excluding carboxylic acids is 1. The van der Waals surface area contributed by atoms with Crippen LogP contribution in [0.15, 0.2) is 17.0 Å². The third-order valence-corrected chi connectivity index (χ3v) is 2.48. The van der Waals surface area contributed by atoms with Crippen molar-refractivity contribution >= 4 is 11.8 Å². The standard InChI is InChI=1S/C12H21N3O3/c1-8-6-14-9(10(16)5-13)7-15(8)11(17)18-12(2,3)4/h5,8,16H,6-7,13H2,1-4H3. The van der Waals surface area contributed by atoms with Gasteiger partial charge in [-0.2, -0.15) is 0 Å². The lowest BCUT2D eigenvalue weighted by Crippen LogP contribution is -2.49. The third-order valence-electron chi connectivity index (χ3n) is 2.48. The van der Waals surface area contributed by atoms with Crippen molar-refractivity contribution in [2.24, 2.45) is 10.7 Å². The summed E-state index contributed by atoms with van der Waals surface area (Å²) in [7, 11) is 0. The van der Waals surface area contributed by atoms with Gasteiger partial charge in [0.05, 0.1) is 24.8 Å². The molecular formula is C12H21N3O3. The van der Waals surface area contributed by atoms with Crippen LogP contribution in [0.4, 0.5) is 4.79 Å². The molecule has 0 radical (unpaired) electrons. The van der Waals surface area contributed by atoms with Gasteiger partial charge < -0.3 is 15.6 Å². The van der Waals surface area contributed by atoms with Crippen LogP contribution >= 0.6 is 0 Å². The van der Waals surface area contributed by atoms with Crippen molar-refractivity contribution in [1.29, 1.82) is 0 Å². The fraction of sp³-hybridized carbons (Fsp3) is 0.667. The first kappa shape index (κ1) is 14.3. The van der Waals surface area contributed by atoms with Gasteiger partial charge in [-0.25, -0.2) is 4.79 Å². The highest BCUT2D eigenvalue weighted by molar-refractivity contribution is 6.01. The normalized spacial score (nSPS) is 21.6. The van der Waals surface area contributed by atoms with Crippen LogP contribution in [-0.4, -0.2) is 46.5 Å². The van der Waals surface area contributed by atoms with Gasteiger partial charge in [-0.1, -0.05) is 0 Å². The maximum absolute atomic E-state index is 12.0. The number of hydrogen-bond donors (Lipinski definition) is 2. The van der Waals surface area contributed by atoms with E-state index in [2.05, 4.69) is 4.99 Å². The van der Waals surface area contributed by atoms with E-state index in [0.717, 1.165) is 6.20 Å².